The fourth-order valence-electron chi connectivity index (χ4n) is 10.3. The molecule has 298 valence electrons. The van der Waals surface area contributed by atoms with E-state index in [0.717, 1.165) is 66.8 Å². The average Bonchev–Trinajstić information content (AvgIpc) is 3.65. The molecule has 64 heavy (non-hydrogen) atoms. The number of hydrogen-bond acceptors (Lipinski definition) is 4. The van der Waals surface area contributed by atoms with E-state index in [1.165, 1.54) is 48.6 Å². The van der Waals surface area contributed by atoms with E-state index in [2.05, 4.69) is 200 Å². The molecule has 1 aliphatic heterocycles. The lowest BCUT2D eigenvalue weighted by atomic mass is 9.67. The van der Waals surface area contributed by atoms with Crippen molar-refractivity contribution >= 4 is 33.4 Å². The monoisotopic (exact) mass is 831 g/mol. The van der Waals surface area contributed by atoms with Crippen molar-refractivity contribution in [1.82, 2.24) is 15.0 Å². The van der Waals surface area contributed by atoms with Gasteiger partial charge >= 0.3 is 0 Å². The Morgan fingerprint density at radius 1 is 0.312 bits per heavy atom. The molecule has 11 aromatic rings. The molecule has 3 heterocycles. The fraction of sp³-hybridized carbons (Fsp3) is 0.0167. The summed E-state index contributed by atoms with van der Waals surface area (Å²) in [6.07, 6.45) is 0. The Bertz CT molecular complexity index is 3540. The summed E-state index contributed by atoms with van der Waals surface area (Å²) in [4.78, 5) is 18.3. The van der Waals surface area contributed by atoms with Gasteiger partial charge in [-0.15, -0.1) is 0 Å². The minimum atomic E-state index is -0.469. The highest BCUT2D eigenvalue weighted by Gasteiger charge is 2.50. The molecule has 0 radical (unpaired) electrons. The number of nitrogens with zero attached hydrogens (tertiary/aromatic N) is 3. The zero-order valence-electron chi connectivity index (χ0n) is 34.6. The van der Waals surface area contributed by atoms with E-state index in [-0.39, 0.29) is 0 Å². The number of aromatic nitrogens is 3. The highest BCUT2D eigenvalue weighted by Crippen LogP contribution is 2.63. The van der Waals surface area contributed by atoms with Crippen molar-refractivity contribution in [1.29, 1.82) is 0 Å². The summed E-state index contributed by atoms with van der Waals surface area (Å²) in [6, 6.07) is 80.9. The van der Waals surface area contributed by atoms with Gasteiger partial charge in [0.15, 0.2) is 5.82 Å². The highest BCUT2D eigenvalue weighted by atomic mass is 32.2. The molecule has 13 rings (SSSR count). The van der Waals surface area contributed by atoms with Gasteiger partial charge in [-0.05, 0) is 92.4 Å². The van der Waals surface area contributed by atoms with E-state index in [4.69, 9.17) is 15.0 Å². The van der Waals surface area contributed by atoms with Gasteiger partial charge in [-0.2, -0.15) is 0 Å². The first-order chi connectivity index (χ1) is 31.7. The maximum Gasteiger partial charge on any atom is 0.160 e. The molecule has 2 aromatic heterocycles. The van der Waals surface area contributed by atoms with Gasteiger partial charge in [0, 0.05) is 42.8 Å². The van der Waals surface area contributed by atoms with Crippen molar-refractivity contribution in [3.05, 3.63) is 247 Å². The van der Waals surface area contributed by atoms with Crippen LogP contribution in [-0.2, 0) is 5.41 Å². The predicted molar refractivity (Wildman–Crippen MR) is 263 cm³/mol. The van der Waals surface area contributed by atoms with Gasteiger partial charge in [0.25, 0.3) is 0 Å². The van der Waals surface area contributed by atoms with Gasteiger partial charge < -0.3 is 0 Å². The summed E-state index contributed by atoms with van der Waals surface area (Å²) in [5.74, 6) is 0.702. The van der Waals surface area contributed by atoms with Crippen molar-refractivity contribution in [2.24, 2.45) is 0 Å². The second kappa shape index (κ2) is 14.6. The van der Waals surface area contributed by atoms with E-state index in [1.54, 1.807) is 0 Å². The summed E-state index contributed by atoms with van der Waals surface area (Å²) in [5.41, 5.74) is 17.5. The van der Waals surface area contributed by atoms with E-state index in [0.29, 0.717) is 5.82 Å². The van der Waals surface area contributed by atoms with Crippen molar-refractivity contribution in [3.63, 3.8) is 0 Å². The Kier molecular flexibility index (Phi) is 8.37. The van der Waals surface area contributed by atoms with Crippen LogP contribution < -0.4 is 0 Å². The van der Waals surface area contributed by atoms with Crippen LogP contribution in [0.15, 0.2) is 234 Å². The van der Waals surface area contributed by atoms with E-state index < -0.39 is 5.41 Å². The Hall–Kier alpha value is -7.92. The minimum Gasteiger partial charge on any atom is -0.247 e. The summed E-state index contributed by atoms with van der Waals surface area (Å²) in [6.45, 7) is 0. The van der Waals surface area contributed by atoms with Crippen LogP contribution in [0.2, 0.25) is 0 Å². The largest absolute Gasteiger partial charge is 0.247 e. The first-order valence-corrected chi connectivity index (χ1v) is 22.6. The molecule has 0 fully saturated rings. The van der Waals surface area contributed by atoms with Crippen LogP contribution in [0.4, 0.5) is 0 Å². The summed E-state index contributed by atoms with van der Waals surface area (Å²) >= 11 is 1.88. The summed E-state index contributed by atoms with van der Waals surface area (Å²) in [7, 11) is 0. The fourth-order valence-corrected chi connectivity index (χ4v) is 11.5. The third kappa shape index (κ3) is 5.66. The standard InChI is InChI=1S/C60H37N3S/c1-4-17-38(18-5-1)53-37-54(63-59(62-53)40-21-8-3-9-22-40)43-24-16-23-41(33-43)42-31-32-45-46-36-52-47(35-48(46)58(61-55(45)34-42)39-19-6-2-7-20-39)44-25-10-11-26-49(44)60(52)50-27-12-14-29-56(50)64-57-30-15-13-28-51(57)60/h1-37H. The average molecular weight is 832 g/mol. The first-order valence-electron chi connectivity index (χ1n) is 21.8. The smallest absolute Gasteiger partial charge is 0.160 e. The maximum atomic E-state index is 5.56. The third-order valence-electron chi connectivity index (χ3n) is 13.1. The van der Waals surface area contributed by atoms with Crippen LogP contribution in [0, 0.1) is 0 Å². The molecule has 0 unspecified atom stereocenters. The van der Waals surface area contributed by atoms with Crippen LogP contribution in [0.1, 0.15) is 22.3 Å². The van der Waals surface area contributed by atoms with Crippen molar-refractivity contribution in [2.45, 2.75) is 15.2 Å². The lowest BCUT2D eigenvalue weighted by Crippen LogP contribution is -2.31. The molecule has 0 saturated heterocycles. The number of hydrogen-bond donors (Lipinski definition) is 0. The Morgan fingerprint density at radius 2 is 0.875 bits per heavy atom. The van der Waals surface area contributed by atoms with Crippen LogP contribution in [0.25, 0.3) is 89.1 Å². The normalized spacial score (nSPS) is 13.1. The molecule has 1 aliphatic carbocycles. The van der Waals surface area contributed by atoms with Crippen molar-refractivity contribution in [3.8, 4) is 67.4 Å². The highest BCUT2D eigenvalue weighted by molar-refractivity contribution is 7.99. The van der Waals surface area contributed by atoms with E-state index >= 15 is 0 Å². The SMILES string of the molecule is c1ccc(-c2cc(-c3cccc(-c4ccc5c(c4)nc(-c4ccccc4)c4cc6c(cc45)C4(c5ccccc5Sc5ccccc54)c4ccccc4-6)c3)nc(-c3ccccc3)n2)cc1. The summed E-state index contributed by atoms with van der Waals surface area (Å²) < 4.78 is 0. The number of fused-ring (bicyclic) bond motifs is 12. The second-order valence-electron chi connectivity index (χ2n) is 16.7. The predicted octanol–water partition coefficient (Wildman–Crippen LogP) is 15.3. The summed E-state index contributed by atoms with van der Waals surface area (Å²) in [5, 5.41) is 3.48. The molecule has 4 heteroatoms. The molecule has 0 N–H and O–H groups in total. The quantitative estimate of drug-likeness (QED) is 0.162. The van der Waals surface area contributed by atoms with E-state index in [9.17, 15) is 0 Å². The van der Waals surface area contributed by atoms with E-state index in [1.807, 2.05) is 36.0 Å². The Balaban J connectivity index is 1.02. The maximum absolute atomic E-state index is 5.56. The molecular weight excluding hydrogens is 795 g/mol. The Labute approximate surface area is 375 Å². The first kappa shape index (κ1) is 36.7. The molecule has 0 bridgehead atoms. The molecule has 1 spiro atoms. The van der Waals surface area contributed by atoms with Gasteiger partial charge in [-0.3, -0.25) is 0 Å². The van der Waals surface area contributed by atoms with Gasteiger partial charge in [-0.1, -0.05) is 194 Å². The van der Waals surface area contributed by atoms with Crippen LogP contribution in [0.3, 0.4) is 0 Å². The lowest BCUT2D eigenvalue weighted by Gasteiger charge is -2.39. The zero-order valence-corrected chi connectivity index (χ0v) is 35.4. The van der Waals surface area contributed by atoms with Gasteiger partial charge in [0.05, 0.1) is 28.0 Å². The lowest BCUT2D eigenvalue weighted by molar-refractivity contribution is 0.723. The van der Waals surface area contributed by atoms with Gasteiger partial charge in [0.1, 0.15) is 0 Å². The van der Waals surface area contributed by atoms with Crippen LogP contribution in [-0.4, -0.2) is 15.0 Å². The van der Waals surface area contributed by atoms with Gasteiger partial charge in [-0.25, -0.2) is 15.0 Å². The molecule has 0 saturated carbocycles. The number of pyridine rings is 1. The van der Waals surface area contributed by atoms with Gasteiger partial charge in [0.2, 0.25) is 0 Å². The molecule has 0 amide bonds. The molecule has 2 aliphatic rings. The molecular formula is C60H37N3S. The second-order valence-corrected chi connectivity index (χ2v) is 17.8. The molecule has 0 atom stereocenters. The third-order valence-corrected chi connectivity index (χ3v) is 14.3. The zero-order chi connectivity index (χ0) is 42.2. The molecule has 3 nitrogen and oxygen atoms in total. The number of benzene rings is 9. The topological polar surface area (TPSA) is 38.7 Å². The van der Waals surface area contributed by atoms with Crippen molar-refractivity contribution in [2.75, 3.05) is 0 Å². The Morgan fingerprint density at radius 3 is 1.59 bits per heavy atom. The number of rotatable bonds is 5. The minimum absolute atomic E-state index is 0.469. The molecule has 9 aromatic carbocycles. The van der Waals surface area contributed by atoms with Crippen LogP contribution >= 0.6 is 11.8 Å². The van der Waals surface area contributed by atoms with Crippen molar-refractivity contribution < 1.29 is 0 Å². The van der Waals surface area contributed by atoms with Crippen LogP contribution in [0.5, 0.6) is 0 Å².